The van der Waals surface area contributed by atoms with Crippen molar-refractivity contribution in [2.75, 3.05) is 18.6 Å². The molecule has 132 valence electrons. The number of nitrogens with two attached hydrogens (primary N) is 1. The zero-order chi connectivity index (χ0) is 19.1. The van der Waals surface area contributed by atoms with E-state index in [1.807, 2.05) is 6.07 Å². The smallest absolute Gasteiger partial charge is 0.339 e. The van der Waals surface area contributed by atoms with Crippen LogP contribution in [0, 0.1) is 11.3 Å². The molecule has 1 amide bonds. The van der Waals surface area contributed by atoms with Gasteiger partial charge in [-0.25, -0.2) is 4.79 Å². The SMILES string of the molecule is C=CCOC(=O)C1=C(C)OC(N)=C(C#N)[C@@]12C(=O)N(C)c1ccccc12. The normalized spacial score (nSPS) is 21.4. The predicted octanol–water partition coefficient (Wildman–Crippen LogP) is 1.63. The minimum atomic E-state index is -1.69. The van der Waals surface area contributed by atoms with E-state index in [9.17, 15) is 14.9 Å². The van der Waals surface area contributed by atoms with E-state index in [1.165, 1.54) is 17.9 Å². The largest absolute Gasteiger partial charge is 0.458 e. The highest BCUT2D eigenvalue weighted by Gasteiger charge is 2.61. The summed E-state index contributed by atoms with van der Waals surface area (Å²) < 4.78 is 10.6. The van der Waals surface area contributed by atoms with Gasteiger partial charge >= 0.3 is 5.97 Å². The fourth-order valence-corrected chi connectivity index (χ4v) is 3.53. The maximum atomic E-state index is 13.4. The van der Waals surface area contributed by atoms with E-state index in [4.69, 9.17) is 15.2 Å². The summed E-state index contributed by atoms with van der Waals surface area (Å²) in [5.41, 5.74) is 5.13. The number of anilines is 1. The average molecular weight is 351 g/mol. The lowest BCUT2D eigenvalue weighted by atomic mass is 9.68. The monoisotopic (exact) mass is 351 g/mol. The van der Waals surface area contributed by atoms with Gasteiger partial charge in [0.2, 0.25) is 11.8 Å². The molecule has 1 spiro atoms. The van der Waals surface area contributed by atoms with Crippen LogP contribution in [-0.2, 0) is 24.5 Å². The fourth-order valence-electron chi connectivity index (χ4n) is 3.53. The Hall–Kier alpha value is -3.53. The number of benzene rings is 1. The lowest BCUT2D eigenvalue weighted by Crippen LogP contribution is -2.47. The quantitative estimate of drug-likeness (QED) is 0.655. The lowest BCUT2D eigenvalue weighted by molar-refractivity contribution is -0.140. The van der Waals surface area contributed by atoms with E-state index in [0.29, 0.717) is 11.3 Å². The third-order valence-electron chi connectivity index (χ3n) is 4.55. The Morgan fingerprint density at radius 1 is 1.50 bits per heavy atom. The molecule has 0 radical (unpaired) electrons. The van der Waals surface area contributed by atoms with Crippen LogP contribution in [0.4, 0.5) is 5.69 Å². The maximum Gasteiger partial charge on any atom is 0.339 e. The summed E-state index contributed by atoms with van der Waals surface area (Å²) in [5.74, 6) is -1.31. The van der Waals surface area contributed by atoms with Gasteiger partial charge in [-0.15, -0.1) is 0 Å². The summed E-state index contributed by atoms with van der Waals surface area (Å²) in [7, 11) is 1.58. The number of hydrogen-bond donors (Lipinski definition) is 1. The second-order valence-electron chi connectivity index (χ2n) is 5.90. The van der Waals surface area contributed by atoms with Crippen LogP contribution >= 0.6 is 0 Å². The first-order chi connectivity index (χ1) is 12.4. The first-order valence-corrected chi connectivity index (χ1v) is 7.86. The molecule has 7 nitrogen and oxygen atoms in total. The van der Waals surface area contributed by atoms with Crippen molar-refractivity contribution in [1.29, 1.82) is 5.26 Å². The van der Waals surface area contributed by atoms with Gasteiger partial charge in [-0.05, 0) is 13.0 Å². The number of fused-ring (bicyclic) bond motifs is 2. The van der Waals surface area contributed by atoms with Crippen LogP contribution in [-0.4, -0.2) is 25.5 Å². The average Bonchev–Trinajstić information content (AvgIpc) is 2.83. The number of esters is 1. The molecule has 0 aromatic heterocycles. The molecule has 0 aliphatic carbocycles. The van der Waals surface area contributed by atoms with Crippen molar-refractivity contribution < 1.29 is 19.1 Å². The molecule has 0 bridgehead atoms. The number of likely N-dealkylation sites (N-methyl/N-ethyl adjacent to an activating group) is 1. The van der Waals surface area contributed by atoms with E-state index in [2.05, 4.69) is 6.58 Å². The van der Waals surface area contributed by atoms with Gasteiger partial charge in [-0.1, -0.05) is 30.9 Å². The minimum Gasteiger partial charge on any atom is -0.458 e. The number of amides is 1. The Morgan fingerprint density at radius 3 is 2.85 bits per heavy atom. The van der Waals surface area contributed by atoms with E-state index < -0.39 is 17.3 Å². The van der Waals surface area contributed by atoms with Crippen LogP contribution in [0.1, 0.15) is 12.5 Å². The van der Waals surface area contributed by atoms with Gasteiger partial charge in [0, 0.05) is 18.3 Å². The molecule has 2 aliphatic rings. The van der Waals surface area contributed by atoms with Crippen molar-refractivity contribution in [2.45, 2.75) is 12.3 Å². The highest BCUT2D eigenvalue weighted by Crippen LogP contribution is 2.53. The molecular formula is C19H17N3O4. The number of para-hydroxylation sites is 1. The van der Waals surface area contributed by atoms with E-state index in [-0.39, 0.29) is 29.4 Å². The Balaban J connectivity index is 2.37. The number of allylic oxidation sites excluding steroid dienone is 1. The summed E-state index contributed by atoms with van der Waals surface area (Å²) in [6, 6.07) is 8.90. The van der Waals surface area contributed by atoms with Gasteiger partial charge in [-0.3, -0.25) is 4.79 Å². The molecule has 2 aliphatic heterocycles. The van der Waals surface area contributed by atoms with Crippen LogP contribution in [0.5, 0.6) is 0 Å². The van der Waals surface area contributed by atoms with Gasteiger partial charge in [0.1, 0.15) is 29.6 Å². The van der Waals surface area contributed by atoms with Gasteiger partial charge in [0.05, 0.1) is 0 Å². The number of rotatable bonds is 3. The predicted molar refractivity (Wildman–Crippen MR) is 93.3 cm³/mol. The number of nitrogens with zero attached hydrogens (tertiary/aromatic N) is 2. The van der Waals surface area contributed by atoms with E-state index >= 15 is 0 Å². The molecule has 0 saturated heterocycles. The minimum absolute atomic E-state index is 0.0432. The number of nitriles is 1. The first kappa shape index (κ1) is 17.3. The fraction of sp³-hybridized carbons (Fsp3) is 0.211. The number of ether oxygens (including phenoxy) is 2. The van der Waals surface area contributed by atoms with Crippen molar-refractivity contribution in [3.63, 3.8) is 0 Å². The second-order valence-corrected chi connectivity index (χ2v) is 5.90. The third kappa shape index (κ3) is 2.05. The summed E-state index contributed by atoms with van der Waals surface area (Å²) >= 11 is 0. The molecule has 3 rings (SSSR count). The molecule has 2 heterocycles. The zero-order valence-corrected chi connectivity index (χ0v) is 14.4. The molecule has 7 heteroatoms. The molecule has 0 saturated carbocycles. The topological polar surface area (TPSA) is 106 Å². The summed E-state index contributed by atoms with van der Waals surface area (Å²) in [6.07, 6.45) is 1.41. The Labute approximate surface area is 150 Å². The van der Waals surface area contributed by atoms with Crippen molar-refractivity contribution in [2.24, 2.45) is 5.73 Å². The number of hydrogen-bond acceptors (Lipinski definition) is 6. The van der Waals surface area contributed by atoms with Crippen molar-refractivity contribution >= 4 is 17.6 Å². The van der Waals surface area contributed by atoms with Crippen LogP contribution in [0.25, 0.3) is 0 Å². The number of carbonyl (C=O) groups is 2. The van der Waals surface area contributed by atoms with Crippen molar-refractivity contribution in [3.8, 4) is 6.07 Å². The van der Waals surface area contributed by atoms with Gasteiger partial charge in [-0.2, -0.15) is 5.26 Å². The molecule has 0 fully saturated rings. The van der Waals surface area contributed by atoms with Crippen molar-refractivity contribution in [3.05, 3.63) is 65.3 Å². The Bertz CT molecular complexity index is 938. The number of carbonyl (C=O) groups excluding carboxylic acids is 2. The molecule has 1 aromatic rings. The summed E-state index contributed by atoms with van der Waals surface area (Å²) in [4.78, 5) is 27.6. The van der Waals surface area contributed by atoms with Crippen LogP contribution in [0.15, 0.2) is 59.7 Å². The lowest BCUT2D eigenvalue weighted by Gasteiger charge is -2.34. The molecule has 1 atom stereocenters. The van der Waals surface area contributed by atoms with E-state index in [1.54, 1.807) is 31.3 Å². The standard InChI is InChI=1S/C19H17N3O4/c1-4-9-25-17(23)15-11(2)26-16(21)13(10-20)19(15)12-7-5-6-8-14(12)22(3)18(19)24/h4-8H,1,9,21H2,2-3H3/t19-/m1/s1. The molecule has 26 heavy (non-hydrogen) atoms. The zero-order valence-electron chi connectivity index (χ0n) is 14.4. The van der Waals surface area contributed by atoms with Crippen LogP contribution in [0.2, 0.25) is 0 Å². The van der Waals surface area contributed by atoms with Gasteiger partial charge in [0.15, 0.2) is 5.41 Å². The second kappa shape index (κ2) is 6.08. The third-order valence-corrected chi connectivity index (χ3v) is 4.55. The molecule has 2 N–H and O–H groups in total. The van der Waals surface area contributed by atoms with Crippen LogP contribution in [0.3, 0.4) is 0 Å². The first-order valence-electron chi connectivity index (χ1n) is 7.86. The van der Waals surface area contributed by atoms with Crippen LogP contribution < -0.4 is 10.6 Å². The Kier molecular flexibility index (Phi) is 4.04. The highest BCUT2D eigenvalue weighted by molar-refractivity contribution is 6.18. The maximum absolute atomic E-state index is 13.4. The highest BCUT2D eigenvalue weighted by atomic mass is 16.5. The van der Waals surface area contributed by atoms with E-state index in [0.717, 1.165) is 0 Å². The molecule has 0 unspecified atom stereocenters. The molecule has 1 aromatic carbocycles. The van der Waals surface area contributed by atoms with Gasteiger partial charge in [0.25, 0.3) is 0 Å². The molecular weight excluding hydrogens is 334 g/mol. The Morgan fingerprint density at radius 2 is 2.19 bits per heavy atom. The summed E-state index contributed by atoms with van der Waals surface area (Å²) in [5, 5.41) is 9.75. The van der Waals surface area contributed by atoms with Crippen molar-refractivity contribution in [1.82, 2.24) is 0 Å². The van der Waals surface area contributed by atoms with Gasteiger partial charge < -0.3 is 20.1 Å². The summed E-state index contributed by atoms with van der Waals surface area (Å²) in [6.45, 7) is 4.98.